The Kier molecular flexibility index (Phi) is 6.56. The van der Waals surface area contributed by atoms with Gasteiger partial charge in [-0.05, 0) is 32.6 Å². The van der Waals surface area contributed by atoms with E-state index in [0.717, 1.165) is 6.42 Å². The standard InChI is InChI=1S/C29H40O10/c1-16-11-23(33)35-14-28-10-9-26(3)24(39-26)25(28)38-21-12-20(27(28,4)29(21)15-36-29)37-22(32)8-6-5-7-19(17(2)30)34-13-18(16)31/h5-8,16-21,24-25,30-31H,9-15H2,1-4H3. The van der Waals surface area contributed by atoms with Crippen molar-refractivity contribution in [3.63, 3.8) is 0 Å². The van der Waals surface area contributed by atoms with Gasteiger partial charge in [0.2, 0.25) is 0 Å². The highest BCUT2D eigenvalue weighted by Crippen LogP contribution is 2.75. The average Bonchev–Trinajstić information content (AvgIpc) is 3.79. The second-order valence-corrected chi connectivity index (χ2v) is 12.8. The second kappa shape index (κ2) is 9.36. The number of epoxide rings is 2. The molecule has 2 aliphatic carbocycles. The van der Waals surface area contributed by atoms with Crippen LogP contribution in [-0.4, -0.2) is 95.9 Å². The molecule has 0 aromatic rings. The van der Waals surface area contributed by atoms with E-state index in [1.54, 1.807) is 32.1 Å². The fourth-order valence-electron chi connectivity index (χ4n) is 7.73. The molecular weight excluding hydrogens is 508 g/mol. The third-order valence-corrected chi connectivity index (χ3v) is 10.6. The number of allylic oxidation sites excluding steroid dienone is 2. The third kappa shape index (κ3) is 4.13. The minimum absolute atomic E-state index is 0.00108. The normalized spacial score (nSPS) is 52.1. The van der Waals surface area contributed by atoms with Crippen LogP contribution in [0.3, 0.4) is 0 Å². The van der Waals surface area contributed by atoms with E-state index in [1.165, 1.54) is 6.08 Å². The first kappa shape index (κ1) is 27.4. The van der Waals surface area contributed by atoms with Crippen LogP contribution in [-0.2, 0) is 38.0 Å². The van der Waals surface area contributed by atoms with Gasteiger partial charge in [0.25, 0.3) is 0 Å². The number of esters is 2. The van der Waals surface area contributed by atoms with Gasteiger partial charge in [-0.25, -0.2) is 4.79 Å². The number of fused-ring (bicyclic) bond motifs is 2. The second-order valence-electron chi connectivity index (χ2n) is 12.8. The molecule has 10 nitrogen and oxygen atoms in total. The molecule has 39 heavy (non-hydrogen) atoms. The van der Waals surface area contributed by atoms with Crippen LogP contribution in [0.1, 0.15) is 53.4 Å². The number of hydrogen-bond acceptors (Lipinski definition) is 10. The van der Waals surface area contributed by atoms with Crippen LogP contribution in [0.2, 0.25) is 0 Å². The van der Waals surface area contributed by atoms with E-state index in [-0.39, 0.29) is 43.5 Å². The first-order chi connectivity index (χ1) is 18.5. The van der Waals surface area contributed by atoms with Crippen LogP contribution in [0, 0.1) is 16.7 Å². The third-order valence-electron chi connectivity index (χ3n) is 10.6. The number of hydrogen-bond donors (Lipinski definition) is 2. The van der Waals surface area contributed by atoms with Gasteiger partial charge in [0.05, 0.1) is 55.1 Å². The molecule has 2 N–H and O–H groups in total. The lowest BCUT2D eigenvalue weighted by atomic mass is 9.50. The maximum Gasteiger partial charge on any atom is 0.331 e. The molecular formula is C29H40O10. The van der Waals surface area contributed by atoms with Crippen molar-refractivity contribution in [3.8, 4) is 0 Å². The number of rotatable bonds is 1. The Morgan fingerprint density at radius 3 is 2.56 bits per heavy atom. The summed E-state index contributed by atoms with van der Waals surface area (Å²) in [5.41, 5.74) is -2.22. The molecule has 12 unspecified atom stereocenters. The summed E-state index contributed by atoms with van der Waals surface area (Å²) in [6.45, 7) is 8.04. The minimum Gasteiger partial charge on any atom is -0.465 e. The van der Waals surface area contributed by atoms with Gasteiger partial charge in [-0.2, -0.15) is 0 Å². The molecule has 2 spiro atoms. The molecule has 4 heterocycles. The number of ether oxygens (including phenoxy) is 6. The fourth-order valence-corrected chi connectivity index (χ4v) is 7.73. The molecule has 12 atom stereocenters. The van der Waals surface area contributed by atoms with Crippen LogP contribution in [0.4, 0.5) is 0 Å². The van der Waals surface area contributed by atoms with Gasteiger partial charge in [-0.3, -0.25) is 4.79 Å². The molecule has 0 aromatic heterocycles. The monoisotopic (exact) mass is 548 g/mol. The highest BCUT2D eigenvalue weighted by molar-refractivity contribution is 5.82. The van der Waals surface area contributed by atoms with Crippen molar-refractivity contribution in [1.82, 2.24) is 0 Å². The fraction of sp³-hybridized carbons (Fsp3) is 0.793. The van der Waals surface area contributed by atoms with E-state index >= 15 is 0 Å². The van der Waals surface area contributed by atoms with Crippen LogP contribution in [0.25, 0.3) is 0 Å². The summed E-state index contributed by atoms with van der Waals surface area (Å²) in [5.74, 6) is -1.36. The molecule has 4 aliphatic heterocycles. The number of cyclic esters (lactones) is 1. The van der Waals surface area contributed by atoms with Crippen molar-refractivity contribution in [2.75, 3.05) is 19.8 Å². The zero-order valence-corrected chi connectivity index (χ0v) is 23.0. The molecule has 2 bridgehead atoms. The Morgan fingerprint density at radius 1 is 1.08 bits per heavy atom. The summed E-state index contributed by atoms with van der Waals surface area (Å²) in [4.78, 5) is 26.1. The lowest BCUT2D eigenvalue weighted by Crippen LogP contribution is -2.69. The molecule has 0 amide bonds. The van der Waals surface area contributed by atoms with Crippen LogP contribution >= 0.6 is 0 Å². The van der Waals surface area contributed by atoms with E-state index in [1.807, 2.05) is 0 Å². The lowest BCUT2D eigenvalue weighted by molar-refractivity contribution is -0.251. The predicted octanol–water partition coefficient (Wildman–Crippen LogP) is 1.60. The number of aliphatic hydroxyl groups excluding tert-OH is 2. The molecule has 10 heteroatoms. The Bertz CT molecular complexity index is 1070. The predicted molar refractivity (Wildman–Crippen MR) is 135 cm³/mol. The Labute approximate surface area is 228 Å². The van der Waals surface area contributed by atoms with Crippen LogP contribution in [0.15, 0.2) is 24.3 Å². The quantitative estimate of drug-likeness (QED) is 0.367. The van der Waals surface area contributed by atoms with Gasteiger partial charge in [0, 0.05) is 17.9 Å². The van der Waals surface area contributed by atoms with Crippen molar-refractivity contribution in [2.45, 2.75) is 107 Å². The summed E-state index contributed by atoms with van der Waals surface area (Å²) in [5, 5.41) is 20.7. The smallest absolute Gasteiger partial charge is 0.331 e. The van der Waals surface area contributed by atoms with E-state index in [9.17, 15) is 19.8 Å². The lowest BCUT2D eigenvalue weighted by Gasteiger charge is -2.58. The Hall–Kier alpha value is -1.82. The number of carbonyl (C=O) groups excluding carboxylic acids is 2. The van der Waals surface area contributed by atoms with Gasteiger partial charge in [0.15, 0.2) is 0 Å². The van der Waals surface area contributed by atoms with Crippen molar-refractivity contribution < 1.29 is 48.2 Å². The van der Waals surface area contributed by atoms with Gasteiger partial charge in [-0.1, -0.05) is 32.1 Å². The van der Waals surface area contributed by atoms with E-state index in [0.29, 0.717) is 19.4 Å². The molecule has 6 aliphatic rings. The Morgan fingerprint density at radius 2 is 1.85 bits per heavy atom. The number of carbonyl (C=O) groups is 2. The first-order valence-corrected chi connectivity index (χ1v) is 14.1. The van der Waals surface area contributed by atoms with Crippen molar-refractivity contribution in [2.24, 2.45) is 16.7 Å². The minimum atomic E-state index is -0.934. The highest BCUT2D eigenvalue weighted by atomic mass is 16.7. The molecule has 6 rings (SSSR count). The summed E-state index contributed by atoms with van der Waals surface area (Å²) in [6, 6.07) is 0. The molecule has 216 valence electrons. The molecule has 0 radical (unpaired) electrons. The van der Waals surface area contributed by atoms with Gasteiger partial charge >= 0.3 is 11.9 Å². The SMILES string of the molecule is CC(O)C1C=CC=CC(=O)OC2CC3OC4C5OC5(C)CCC4(COC(=O)CC(C)C(O)CO1)C2(C)C31CO1. The molecule has 3 saturated heterocycles. The molecule has 5 fully saturated rings. The molecule has 0 aromatic carbocycles. The van der Waals surface area contributed by atoms with Crippen LogP contribution < -0.4 is 0 Å². The van der Waals surface area contributed by atoms with Crippen molar-refractivity contribution >= 4 is 11.9 Å². The highest BCUT2D eigenvalue weighted by Gasteiger charge is 2.86. The van der Waals surface area contributed by atoms with Gasteiger partial charge in [0.1, 0.15) is 30.5 Å². The van der Waals surface area contributed by atoms with E-state index in [2.05, 4.69) is 13.8 Å². The largest absolute Gasteiger partial charge is 0.465 e. The maximum absolute atomic E-state index is 13.1. The topological polar surface area (TPSA) is 137 Å². The van der Waals surface area contributed by atoms with E-state index in [4.69, 9.17) is 28.4 Å². The van der Waals surface area contributed by atoms with Gasteiger partial charge in [-0.15, -0.1) is 0 Å². The van der Waals surface area contributed by atoms with Gasteiger partial charge < -0.3 is 38.6 Å². The van der Waals surface area contributed by atoms with Crippen molar-refractivity contribution in [3.05, 3.63) is 24.3 Å². The molecule has 2 saturated carbocycles. The Balaban J connectivity index is 1.35. The maximum atomic E-state index is 13.1. The average molecular weight is 549 g/mol. The summed E-state index contributed by atoms with van der Waals surface area (Å²) >= 11 is 0. The zero-order chi connectivity index (χ0) is 27.8. The van der Waals surface area contributed by atoms with Crippen molar-refractivity contribution in [1.29, 1.82) is 0 Å². The summed E-state index contributed by atoms with van der Waals surface area (Å²) in [6.07, 6.45) is 4.37. The number of aliphatic hydroxyl groups is 2. The first-order valence-electron chi connectivity index (χ1n) is 14.1. The van der Waals surface area contributed by atoms with Crippen LogP contribution in [0.5, 0.6) is 0 Å². The summed E-state index contributed by atoms with van der Waals surface area (Å²) < 4.78 is 36.8. The summed E-state index contributed by atoms with van der Waals surface area (Å²) in [7, 11) is 0. The zero-order valence-electron chi connectivity index (χ0n) is 23.0. The van der Waals surface area contributed by atoms with E-state index < -0.39 is 58.7 Å².